The maximum atomic E-state index is 12.4. The molecule has 0 atom stereocenters. The minimum absolute atomic E-state index is 0.106. The Morgan fingerprint density at radius 3 is 2.85 bits per heavy atom. The van der Waals surface area contributed by atoms with Gasteiger partial charge in [0.05, 0.1) is 12.7 Å². The average Bonchev–Trinajstić information content (AvgIpc) is 3.24. The highest BCUT2D eigenvalue weighted by molar-refractivity contribution is 7.15. The van der Waals surface area contributed by atoms with E-state index in [1.807, 2.05) is 49.4 Å². The third-order valence-electron chi connectivity index (χ3n) is 4.25. The van der Waals surface area contributed by atoms with Gasteiger partial charge in [-0.25, -0.2) is 4.98 Å². The van der Waals surface area contributed by atoms with Crippen LogP contribution in [0.2, 0.25) is 5.02 Å². The largest absolute Gasteiger partial charge is 0.464 e. The van der Waals surface area contributed by atoms with E-state index in [4.69, 9.17) is 16.0 Å². The number of hydrogen-bond acceptors (Lipinski definition) is 4. The van der Waals surface area contributed by atoms with E-state index in [-0.39, 0.29) is 12.3 Å². The van der Waals surface area contributed by atoms with E-state index in [2.05, 4.69) is 10.3 Å². The van der Waals surface area contributed by atoms with Crippen LogP contribution in [-0.2, 0) is 17.6 Å². The van der Waals surface area contributed by atoms with Crippen LogP contribution in [0, 0.1) is 6.92 Å². The van der Waals surface area contributed by atoms with Crippen molar-refractivity contribution in [3.63, 3.8) is 0 Å². The minimum atomic E-state index is -0.106. The van der Waals surface area contributed by atoms with Crippen LogP contribution in [0.1, 0.15) is 21.6 Å². The monoisotopic (exact) mass is 396 g/mol. The summed E-state index contributed by atoms with van der Waals surface area (Å²) in [6.45, 7) is 2.01. The summed E-state index contributed by atoms with van der Waals surface area (Å²) in [5.41, 5.74) is 3.96. The summed E-state index contributed by atoms with van der Waals surface area (Å²) >= 11 is 7.39. The van der Waals surface area contributed by atoms with Gasteiger partial charge in [-0.2, -0.15) is 0 Å². The molecule has 4 rings (SSSR count). The van der Waals surface area contributed by atoms with E-state index in [0.717, 1.165) is 44.0 Å². The Bertz CT molecular complexity index is 1100. The number of rotatable bonds is 5. The molecule has 0 aliphatic carbocycles. The van der Waals surface area contributed by atoms with Crippen molar-refractivity contribution in [3.05, 3.63) is 81.5 Å². The van der Waals surface area contributed by atoms with Crippen molar-refractivity contribution >= 4 is 44.9 Å². The Hall–Kier alpha value is -2.63. The first-order chi connectivity index (χ1) is 13.1. The number of aryl methyl sites for hydroxylation is 1. The van der Waals surface area contributed by atoms with E-state index < -0.39 is 0 Å². The third kappa shape index (κ3) is 4.21. The second kappa shape index (κ2) is 7.55. The molecule has 0 saturated heterocycles. The maximum Gasteiger partial charge on any atom is 0.230 e. The maximum absolute atomic E-state index is 12.4. The fourth-order valence-electron chi connectivity index (χ4n) is 2.91. The van der Waals surface area contributed by atoms with Crippen molar-refractivity contribution in [1.29, 1.82) is 0 Å². The number of hydrogen-bond donors (Lipinski definition) is 1. The number of carbonyl (C=O) groups is 1. The highest BCUT2D eigenvalue weighted by atomic mass is 35.5. The smallest absolute Gasteiger partial charge is 0.230 e. The van der Waals surface area contributed by atoms with Crippen LogP contribution in [0.4, 0.5) is 5.13 Å². The molecule has 0 aliphatic rings. The summed E-state index contributed by atoms with van der Waals surface area (Å²) in [6.07, 6.45) is 4.46. The number of aromatic nitrogens is 1. The second-order valence-corrected chi connectivity index (χ2v) is 7.97. The van der Waals surface area contributed by atoms with E-state index in [0.29, 0.717) is 5.13 Å². The van der Waals surface area contributed by atoms with Crippen molar-refractivity contribution in [2.45, 2.75) is 19.8 Å². The Kier molecular flexibility index (Phi) is 4.97. The number of nitrogens with zero attached hydrogens (tertiary/aromatic N) is 1. The highest BCUT2D eigenvalue weighted by Gasteiger charge is 2.12. The lowest BCUT2D eigenvalue weighted by atomic mass is 10.1. The molecule has 1 amide bonds. The summed E-state index contributed by atoms with van der Waals surface area (Å²) in [5, 5.41) is 5.17. The summed E-state index contributed by atoms with van der Waals surface area (Å²) in [5.74, 6) is -0.106. The van der Waals surface area contributed by atoms with Gasteiger partial charge in [0.15, 0.2) is 5.13 Å². The number of anilines is 1. The number of halogens is 1. The molecule has 0 radical (unpaired) electrons. The second-order valence-electron chi connectivity index (χ2n) is 6.42. The number of fused-ring (bicyclic) bond motifs is 1. The van der Waals surface area contributed by atoms with E-state index in [1.54, 1.807) is 12.5 Å². The van der Waals surface area contributed by atoms with Crippen LogP contribution in [0.5, 0.6) is 0 Å². The Morgan fingerprint density at radius 2 is 2.04 bits per heavy atom. The lowest BCUT2D eigenvalue weighted by molar-refractivity contribution is -0.115. The molecule has 0 unspecified atom stereocenters. The van der Waals surface area contributed by atoms with Gasteiger partial charge in [-0.3, -0.25) is 4.79 Å². The molecule has 0 fully saturated rings. The molecule has 0 saturated carbocycles. The van der Waals surface area contributed by atoms with Crippen LogP contribution >= 0.6 is 22.9 Å². The zero-order chi connectivity index (χ0) is 18.8. The molecule has 0 bridgehead atoms. The first-order valence-corrected chi connectivity index (χ1v) is 9.72. The average molecular weight is 397 g/mol. The molecular weight excluding hydrogens is 380 g/mol. The van der Waals surface area contributed by atoms with Crippen molar-refractivity contribution in [3.8, 4) is 0 Å². The fraction of sp³-hybridized carbons (Fsp3) is 0.143. The molecule has 0 spiro atoms. The van der Waals surface area contributed by atoms with Gasteiger partial charge in [0.1, 0.15) is 5.58 Å². The molecule has 4 nitrogen and oxygen atoms in total. The summed E-state index contributed by atoms with van der Waals surface area (Å²) < 4.78 is 5.56. The van der Waals surface area contributed by atoms with Gasteiger partial charge < -0.3 is 9.73 Å². The van der Waals surface area contributed by atoms with Gasteiger partial charge in [0.2, 0.25) is 5.91 Å². The number of furan rings is 1. The molecule has 2 aromatic carbocycles. The molecular formula is C21H17ClN2O2S. The normalized spacial score (nSPS) is 11.0. The van der Waals surface area contributed by atoms with Crippen LogP contribution in [0.3, 0.4) is 0 Å². The van der Waals surface area contributed by atoms with E-state index in [1.165, 1.54) is 11.3 Å². The quantitative estimate of drug-likeness (QED) is 0.476. The van der Waals surface area contributed by atoms with Crippen LogP contribution in [0.25, 0.3) is 11.0 Å². The van der Waals surface area contributed by atoms with Gasteiger partial charge in [-0.05, 0) is 36.2 Å². The Balaban J connectivity index is 1.41. The molecule has 0 aliphatic heterocycles. The van der Waals surface area contributed by atoms with E-state index in [9.17, 15) is 4.79 Å². The lowest BCUT2D eigenvalue weighted by Gasteiger charge is -2.01. The highest BCUT2D eigenvalue weighted by Crippen LogP contribution is 2.25. The lowest BCUT2D eigenvalue weighted by Crippen LogP contribution is -2.13. The van der Waals surface area contributed by atoms with Crippen LogP contribution in [-0.4, -0.2) is 10.9 Å². The van der Waals surface area contributed by atoms with Gasteiger partial charge in [-0.15, -0.1) is 11.3 Å². The first kappa shape index (κ1) is 17.8. The third-order valence-corrected chi connectivity index (χ3v) is 5.42. The first-order valence-electron chi connectivity index (χ1n) is 8.52. The topological polar surface area (TPSA) is 55.1 Å². The molecule has 6 heteroatoms. The van der Waals surface area contributed by atoms with Crippen molar-refractivity contribution in [1.82, 2.24) is 4.98 Å². The van der Waals surface area contributed by atoms with Gasteiger partial charge in [-0.1, -0.05) is 35.9 Å². The van der Waals surface area contributed by atoms with E-state index >= 15 is 0 Å². The molecule has 1 N–H and O–H groups in total. The van der Waals surface area contributed by atoms with Crippen LogP contribution in [0.15, 0.2) is 59.3 Å². The van der Waals surface area contributed by atoms with Gasteiger partial charge in [0, 0.05) is 33.5 Å². The van der Waals surface area contributed by atoms with Crippen LogP contribution < -0.4 is 5.32 Å². The predicted molar refractivity (Wildman–Crippen MR) is 110 cm³/mol. The standard InChI is InChI=1S/C21H17ClN2O2S/c1-13-2-7-18-15(12-26-19(18)8-13)10-20(25)24-21-23-11-17(27-21)9-14-3-5-16(22)6-4-14/h2-8,11-12H,9-10H2,1H3,(H,23,24,25). The zero-order valence-corrected chi connectivity index (χ0v) is 16.2. The SMILES string of the molecule is Cc1ccc2c(CC(=O)Nc3ncc(Cc4ccc(Cl)cc4)s3)coc2c1. The van der Waals surface area contributed by atoms with Crippen molar-refractivity contribution in [2.24, 2.45) is 0 Å². The molecule has 27 heavy (non-hydrogen) atoms. The zero-order valence-electron chi connectivity index (χ0n) is 14.7. The summed E-state index contributed by atoms with van der Waals surface area (Å²) in [4.78, 5) is 17.8. The molecule has 2 aromatic heterocycles. The number of thiazole rings is 1. The van der Waals surface area contributed by atoms with Crippen molar-refractivity contribution < 1.29 is 9.21 Å². The molecule has 2 heterocycles. The number of amides is 1. The summed E-state index contributed by atoms with van der Waals surface area (Å²) in [6, 6.07) is 13.7. The Labute approximate surface area is 165 Å². The number of nitrogens with one attached hydrogen (secondary N) is 1. The summed E-state index contributed by atoms with van der Waals surface area (Å²) in [7, 11) is 0. The van der Waals surface area contributed by atoms with Crippen molar-refractivity contribution in [2.75, 3.05) is 5.32 Å². The minimum Gasteiger partial charge on any atom is -0.464 e. The van der Waals surface area contributed by atoms with Gasteiger partial charge >= 0.3 is 0 Å². The van der Waals surface area contributed by atoms with Gasteiger partial charge in [0.25, 0.3) is 0 Å². The Morgan fingerprint density at radius 1 is 1.22 bits per heavy atom. The number of benzene rings is 2. The predicted octanol–water partition coefficient (Wildman–Crippen LogP) is 5.62. The molecule has 136 valence electrons. The number of carbonyl (C=O) groups excluding carboxylic acids is 1. The fourth-order valence-corrected chi connectivity index (χ4v) is 3.90. The molecule has 4 aromatic rings.